The maximum Gasteiger partial charge on any atom is 0.248 e. The van der Waals surface area contributed by atoms with Crippen molar-refractivity contribution in [2.45, 2.75) is 12.2 Å². The molecule has 0 aliphatic carbocycles. The van der Waals surface area contributed by atoms with Gasteiger partial charge in [0, 0.05) is 13.1 Å². The Balaban J connectivity index is 1.25. The van der Waals surface area contributed by atoms with E-state index in [-0.39, 0.29) is 51.3 Å². The highest BCUT2D eigenvalue weighted by atomic mass is 19.2. The van der Waals surface area contributed by atoms with Crippen LogP contribution in [0.5, 0.6) is 0 Å². The molecule has 0 saturated carbocycles. The summed E-state index contributed by atoms with van der Waals surface area (Å²) < 4.78 is 69.9. The molecule has 2 aromatic carbocycles. The molecule has 7 nitrogen and oxygen atoms in total. The van der Waals surface area contributed by atoms with Crippen LogP contribution in [0.25, 0.3) is 0 Å². The van der Waals surface area contributed by atoms with Crippen LogP contribution in [-0.2, 0) is 23.8 Å². The molecule has 2 aliphatic heterocycles. The first-order chi connectivity index (χ1) is 16.8. The first kappa shape index (κ1) is 25.1. The lowest BCUT2D eigenvalue weighted by Gasteiger charge is -2.34. The SMILES string of the molecule is O=C(COCC(=O)N1CCOC(c2ccc(F)c(F)c2)C1)N1CCOC(c2ccc(F)c(F)c2)C1. The Kier molecular flexibility index (Phi) is 7.99. The number of ether oxygens (including phenoxy) is 3. The summed E-state index contributed by atoms with van der Waals surface area (Å²) >= 11 is 0. The van der Waals surface area contributed by atoms with Crippen LogP contribution >= 0.6 is 0 Å². The summed E-state index contributed by atoms with van der Waals surface area (Å²) in [6.07, 6.45) is -1.21. The first-order valence-corrected chi connectivity index (χ1v) is 11.1. The van der Waals surface area contributed by atoms with Gasteiger partial charge in [0.2, 0.25) is 11.8 Å². The van der Waals surface area contributed by atoms with Crippen LogP contribution in [0.4, 0.5) is 17.6 Å². The van der Waals surface area contributed by atoms with Crippen molar-refractivity contribution in [1.82, 2.24) is 9.80 Å². The van der Waals surface area contributed by atoms with Crippen LogP contribution in [-0.4, -0.2) is 74.2 Å². The number of hydrogen-bond acceptors (Lipinski definition) is 5. The molecule has 2 saturated heterocycles. The van der Waals surface area contributed by atoms with E-state index in [1.54, 1.807) is 0 Å². The number of carbonyl (C=O) groups excluding carboxylic acids is 2. The molecule has 0 radical (unpaired) electrons. The molecule has 2 aromatic rings. The van der Waals surface area contributed by atoms with Crippen LogP contribution in [0.15, 0.2) is 36.4 Å². The number of halogens is 4. The van der Waals surface area contributed by atoms with E-state index >= 15 is 0 Å². The Morgan fingerprint density at radius 1 is 0.743 bits per heavy atom. The molecule has 4 rings (SSSR count). The number of carbonyl (C=O) groups is 2. The average molecular weight is 496 g/mol. The molecule has 0 bridgehead atoms. The Morgan fingerprint density at radius 2 is 1.17 bits per heavy atom. The molecular formula is C24H24F4N2O5. The predicted octanol–water partition coefficient (Wildman–Crippen LogP) is 2.76. The van der Waals surface area contributed by atoms with Gasteiger partial charge in [0.05, 0.1) is 26.3 Å². The topological polar surface area (TPSA) is 68.3 Å². The van der Waals surface area contributed by atoms with Crippen molar-refractivity contribution in [1.29, 1.82) is 0 Å². The summed E-state index contributed by atoms with van der Waals surface area (Å²) in [5, 5.41) is 0. The van der Waals surface area contributed by atoms with Gasteiger partial charge >= 0.3 is 0 Å². The van der Waals surface area contributed by atoms with E-state index in [1.807, 2.05) is 0 Å². The zero-order chi connectivity index (χ0) is 24.9. The minimum Gasteiger partial charge on any atom is -0.370 e. The minimum absolute atomic E-state index is 0.139. The van der Waals surface area contributed by atoms with Gasteiger partial charge in [-0.25, -0.2) is 17.6 Å². The minimum atomic E-state index is -0.994. The molecular weight excluding hydrogens is 472 g/mol. The highest BCUT2D eigenvalue weighted by molar-refractivity contribution is 5.80. The maximum atomic E-state index is 13.5. The molecule has 2 aliphatic rings. The van der Waals surface area contributed by atoms with E-state index < -0.39 is 35.5 Å². The highest BCUT2D eigenvalue weighted by Crippen LogP contribution is 2.25. The third-order valence-electron chi connectivity index (χ3n) is 5.92. The van der Waals surface area contributed by atoms with E-state index in [2.05, 4.69) is 0 Å². The molecule has 2 unspecified atom stereocenters. The summed E-state index contributed by atoms with van der Waals surface area (Å²) in [5.74, 6) is -4.65. The summed E-state index contributed by atoms with van der Waals surface area (Å²) in [7, 11) is 0. The molecule has 2 fully saturated rings. The van der Waals surface area contributed by atoms with Gasteiger partial charge in [-0.1, -0.05) is 12.1 Å². The van der Waals surface area contributed by atoms with Gasteiger partial charge in [-0.3, -0.25) is 9.59 Å². The fourth-order valence-electron chi connectivity index (χ4n) is 3.99. The van der Waals surface area contributed by atoms with Crippen molar-refractivity contribution in [2.75, 3.05) is 52.6 Å². The fraction of sp³-hybridized carbons (Fsp3) is 0.417. The smallest absolute Gasteiger partial charge is 0.248 e. The Labute approximate surface area is 199 Å². The third kappa shape index (κ3) is 6.16. The fourth-order valence-corrected chi connectivity index (χ4v) is 3.99. The van der Waals surface area contributed by atoms with E-state index in [1.165, 1.54) is 21.9 Å². The zero-order valence-corrected chi connectivity index (χ0v) is 18.7. The van der Waals surface area contributed by atoms with Crippen molar-refractivity contribution in [3.8, 4) is 0 Å². The zero-order valence-electron chi connectivity index (χ0n) is 18.7. The molecule has 0 spiro atoms. The molecule has 188 valence electrons. The van der Waals surface area contributed by atoms with Gasteiger partial charge in [-0.15, -0.1) is 0 Å². The Hall–Kier alpha value is -3.02. The lowest BCUT2D eigenvalue weighted by molar-refractivity contribution is -0.150. The number of morpholine rings is 2. The monoisotopic (exact) mass is 496 g/mol. The van der Waals surface area contributed by atoms with Crippen molar-refractivity contribution < 1.29 is 41.4 Å². The quantitative estimate of drug-likeness (QED) is 0.576. The molecule has 0 aromatic heterocycles. The van der Waals surface area contributed by atoms with Gasteiger partial charge < -0.3 is 24.0 Å². The third-order valence-corrected chi connectivity index (χ3v) is 5.92. The summed E-state index contributed by atoms with van der Waals surface area (Å²) in [4.78, 5) is 28.1. The highest BCUT2D eigenvalue weighted by Gasteiger charge is 2.28. The largest absolute Gasteiger partial charge is 0.370 e. The lowest BCUT2D eigenvalue weighted by atomic mass is 10.1. The Bertz CT molecular complexity index is 1000. The molecule has 2 heterocycles. The van der Waals surface area contributed by atoms with Gasteiger partial charge in [0.15, 0.2) is 23.3 Å². The second-order valence-corrected chi connectivity index (χ2v) is 8.24. The second-order valence-electron chi connectivity index (χ2n) is 8.24. The van der Waals surface area contributed by atoms with Crippen LogP contribution < -0.4 is 0 Å². The van der Waals surface area contributed by atoms with Crippen LogP contribution in [0, 0.1) is 23.3 Å². The van der Waals surface area contributed by atoms with Crippen molar-refractivity contribution in [3.63, 3.8) is 0 Å². The second kappa shape index (κ2) is 11.1. The number of benzene rings is 2. The van der Waals surface area contributed by atoms with Crippen molar-refractivity contribution >= 4 is 11.8 Å². The average Bonchev–Trinajstić information content (AvgIpc) is 2.87. The lowest BCUT2D eigenvalue weighted by Crippen LogP contribution is -2.45. The van der Waals surface area contributed by atoms with Crippen LogP contribution in [0.1, 0.15) is 23.3 Å². The molecule has 2 atom stereocenters. The predicted molar refractivity (Wildman–Crippen MR) is 114 cm³/mol. The number of rotatable bonds is 6. The van der Waals surface area contributed by atoms with Gasteiger partial charge in [0.25, 0.3) is 0 Å². The van der Waals surface area contributed by atoms with E-state index in [0.717, 1.165) is 24.3 Å². The van der Waals surface area contributed by atoms with Crippen molar-refractivity contribution in [3.05, 3.63) is 70.8 Å². The molecule has 11 heteroatoms. The van der Waals surface area contributed by atoms with Gasteiger partial charge in [-0.2, -0.15) is 0 Å². The van der Waals surface area contributed by atoms with Gasteiger partial charge in [-0.05, 0) is 35.4 Å². The van der Waals surface area contributed by atoms with Crippen LogP contribution in [0.3, 0.4) is 0 Å². The number of hydrogen-bond donors (Lipinski definition) is 0. The van der Waals surface area contributed by atoms with E-state index in [0.29, 0.717) is 24.2 Å². The summed E-state index contributed by atoms with van der Waals surface area (Å²) in [6, 6.07) is 6.90. The molecule has 0 N–H and O–H groups in total. The molecule has 2 amide bonds. The van der Waals surface area contributed by atoms with E-state index in [9.17, 15) is 27.2 Å². The number of amides is 2. The van der Waals surface area contributed by atoms with Crippen LogP contribution in [0.2, 0.25) is 0 Å². The van der Waals surface area contributed by atoms with Crippen molar-refractivity contribution in [2.24, 2.45) is 0 Å². The normalized spacial score (nSPS) is 20.7. The standard InChI is InChI=1S/C24H24F4N2O5/c25-17-3-1-15(9-19(17)27)21-11-29(5-7-34-21)23(31)13-33-14-24(32)30-6-8-35-22(12-30)16-2-4-18(26)20(28)10-16/h1-4,9-10,21-22H,5-8,11-14H2. The first-order valence-electron chi connectivity index (χ1n) is 11.1. The maximum absolute atomic E-state index is 13.5. The van der Waals surface area contributed by atoms with Gasteiger partial charge in [0.1, 0.15) is 25.4 Å². The summed E-state index contributed by atoms with van der Waals surface area (Å²) in [6.45, 7) is 0.633. The molecule has 35 heavy (non-hydrogen) atoms. The van der Waals surface area contributed by atoms with E-state index in [4.69, 9.17) is 14.2 Å². The number of nitrogens with zero attached hydrogens (tertiary/aromatic N) is 2. The Morgan fingerprint density at radius 3 is 1.57 bits per heavy atom. The summed E-state index contributed by atoms with van der Waals surface area (Å²) in [5.41, 5.74) is 0.834.